The number of imidazole rings is 1. The van der Waals surface area contributed by atoms with E-state index in [-0.39, 0.29) is 5.69 Å². The van der Waals surface area contributed by atoms with Crippen LogP contribution < -0.4 is 10.4 Å². The average Bonchev–Trinajstić information content (AvgIpc) is 2.75. The normalized spacial score (nSPS) is 10.8. The highest BCUT2D eigenvalue weighted by atomic mass is 79.9. The van der Waals surface area contributed by atoms with Crippen LogP contribution in [0.3, 0.4) is 0 Å². The summed E-state index contributed by atoms with van der Waals surface area (Å²) in [5.74, 6) is 0.720. The van der Waals surface area contributed by atoms with Crippen LogP contribution in [0, 0.1) is 0 Å². The third-order valence-corrected chi connectivity index (χ3v) is 3.50. The maximum Gasteiger partial charge on any atom is 0.331 e. The summed E-state index contributed by atoms with van der Waals surface area (Å²) < 4.78 is 7.81. The Balaban J connectivity index is 2.30. The molecule has 3 rings (SSSR count). The van der Waals surface area contributed by atoms with Gasteiger partial charge in [-0.25, -0.2) is 4.79 Å². The van der Waals surface area contributed by atoms with Crippen molar-refractivity contribution in [1.29, 1.82) is 0 Å². The van der Waals surface area contributed by atoms with Gasteiger partial charge >= 0.3 is 5.69 Å². The highest BCUT2D eigenvalue weighted by Gasteiger charge is 2.09. The minimum absolute atomic E-state index is 0.162. The number of nitrogens with zero attached hydrogens (tertiary/aromatic N) is 1. The number of halogens is 1. The fourth-order valence-electron chi connectivity index (χ4n) is 2.06. The van der Waals surface area contributed by atoms with Crippen LogP contribution in [0.4, 0.5) is 0 Å². The number of hydrogen-bond donors (Lipinski definition) is 1. The standard InChI is InChI=1S/C14H11BrN2O2/c1-19-11-6-7-12-13(8-11)17(14(18)16-12)10-4-2-9(15)3-5-10/h2-8H,1H3,(H,16,18). The molecule has 0 saturated carbocycles. The Hall–Kier alpha value is -2.01. The molecule has 5 heteroatoms. The zero-order valence-electron chi connectivity index (χ0n) is 10.2. The predicted molar refractivity (Wildman–Crippen MR) is 78.1 cm³/mol. The van der Waals surface area contributed by atoms with E-state index < -0.39 is 0 Å². The Kier molecular flexibility index (Phi) is 2.91. The Bertz CT molecular complexity index is 787. The SMILES string of the molecule is COc1ccc2[nH]c(=O)n(-c3ccc(Br)cc3)c2c1. The summed E-state index contributed by atoms with van der Waals surface area (Å²) in [6.45, 7) is 0. The second-order valence-corrected chi connectivity index (χ2v) is 5.04. The minimum atomic E-state index is -0.162. The quantitative estimate of drug-likeness (QED) is 0.789. The zero-order valence-corrected chi connectivity index (χ0v) is 11.8. The van der Waals surface area contributed by atoms with Gasteiger partial charge in [-0.3, -0.25) is 4.57 Å². The number of H-pyrrole nitrogens is 1. The molecular weight excluding hydrogens is 308 g/mol. The topological polar surface area (TPSA) is 47.0 Å². The van der Waals surface area contributed by atoms with Gasteiger partial charge < -0.3 is 9.72 Å². The van der Waals surface area contributed by atoms with E-state index in [4.69, 9.17) is 4.74 Å². The molecule has 0 bridgehead atoms. The first kappa shape index (κ1) is 12.0. The fraction of sp³-hybridized carbons (Fsp3) is 0.0714. The molecule has 19 heavy (non-hydrogen) atoms. The van der Waals surface area contributed by atoms with Crippen molar-refractivity contribution in [2.45, 2.75) is 0 Å². The Morgan fingerprint density at radius 1 is 1.16 bits per heavy atom. The highest BCUT2D eigenvalue weighted by Crippen LogP contribution is 2.21. The molecule has 0 aliphatic carbocycles. The molecule has 0 atom stereocenters. The molecule has 0 amide bonds. The molecule has 0 spiro atoms. The number of fused-ring (bicyclic) bond motifs is 1. The molecular formula is C14H11BrN2O2. The largest absolute Gasteiger partial charge is 0.497 e. The minimum Gasteiger partial charge on any atom is -0.497 e. The number of methoxy groups -OCH3 is 1. The van der Waals surface area contributed by atoms with Gasteiger partial charge in [0, 0.05) is 10.5 Å². The number of ether oxygens (including phenoxy) is 1. The van der Waals surface area contributed by atoms with Gasteiger partial charge in [0.1, 0.15) is 5.75 Å². The van der Waals surface area contributed by atoms with Crippen LogP contribution in [0.2, 0.25) is 0 Å². The molecule has 0 fully saturated rings. The van der Waals surface area contributed by atoms with Crippen LogP contribution in [0.15, 0.2) is 51.7 Å². The summed E-state index contributed by atoms with van der Waals surface area (Å²) in [5, 5.41) is 0. The second kappa shape index (κ2) is 4.59. The summed E-state index contributed by atoms with van der Waals surface area (Å²) in [6, 6.07) is 13.1. The molecule has 0 aliphatic heterocycles. The first-order valence-corrected chi connectivity index (χ1v) is 6.53. The van der Waals surface area contributed by atoms with Crippen LogP contribution in [-0.4, -0.2) is 16.7 Å². The van der Waals surface area contributed by atoms with Crippen molar-refractivity contribution >= 4 is 27.0 Å². The van der Waals surface area contributed by atoms with Crippen LogP contribution in [-0.2, 0) is 0 Å². The van der Waals surface area contributed by atoms with Gasteiger partial charge in [-0.1, -0.05) is 15.9 Å². The highest BCUT2D eigenvalue weighted by molar-refractivity contribution is 9.10. The molecule has 1 N–H and O–H groups in total. The van der Waals surface area contributed by atoms with E-state index in [1.54, 1.807) is 11.7 Å². The van der Waals surface area contributed by atoms with Crippen molar-refractivity contribution in [2.75, 3.05) is 7.11 Å². The average molecular weight is 319 g/mol. The van der Waals surface area contributed by atoms with Crippen molar-refractivity contribution in [2.24, 2.45) is 0 Å². The van der Waals surface area contributed by atoms with Crippen LogP contribution in [0.25, 0.3) is 16.7 Å². The van der Waals surface area contributed by atoms with Crippen molar-refractivity contribution < 1.29 is 4.74 Å². The van der Waals surface area contributed by atoms with Crippen molar-refractivity contribution in [1.82, 2.24) is 9.55 Å². The van der Waals surface area contributed by atoms with Gasteiger partial charge in [0.25, 0.3) is 0 Å². The lowest BCUT2D eigenvalue weighted by Gasteiger charge is -2.04. The number of benzene rings is 2. The molecule has 4 nitrogen and oxygen atoms in total. The first-order valence-electron chi connectivity index (χ1n) is 5.74. The van der Waals surface area contributed by atoms with E-state index >= 15 is 0 Å². The smallest absolute Gasteiger partial charge is 0.331 e. The van der Waals surface area contributed by atoms with Gasteiger partial charge in [0.2, 0.25) is 0 Å². The van der Waals surface area contributed by atoms with Crippen LogP contribution in [0.5, 0.6) is 5.75 Å². The molecule has 3 aromatic rings. The fourth-order valence-corrected chi connectivity index (χ4v) is 2.32. The molecule has 1 aromatic heterocycles. The summed E-state index contributed by atoms with van der Waals surface area (Å²) in [6.07, 6.45) is 0. The number of aromatic amines is 1. The maximum absolute atomic E-state index is 12.1. The second-order valence-electron chi connectivity index (χ2n) is 4.13. The Labute approximate surface area is 117 Å². The van der Waals surface area contributed by atoms with E-state index in [1.807, 2.05) is 42.5 Å². The third-order valence-electron chi connectivity index (χ3n) is 2.98. The Morgan fingerprint density at radius 2 is 1.89 bits per heavy atom. The van der Waals surface area contributed by atoms with Gasteiger partial charge in [-0.05, 0) is 36.4 Å². The monoisotopic (exact) mass is 318 g/mol. The van der Waals surface area contributed by atoms with E-state index in [1.165, 1.54) is 0 Å². The summed E-state index contributed by atoms with van der Waals surface area (Å²) >= 11 is 3.38. The van der Waals surface area contributed by atoms with Gasteiger partial charge in [0.05, 0.1) is 23.8 Å². The molecule has 0 aliphatic rings. The maximum atomic E-state index is 12.1. The van der Waals surface area contributed by atoms with Crippen molar-refractivity contribution in [3.05, 3.63) is 57.4 Å². The molecule has 1 heterocycles. The summed E-state index contributed by atoms with van der Waals surface area (Å²) in [5.41, 5.74) is 2.23. The lowest BCUT2D eigenvalue weighted by molar-refractivity contribution is 0.415. The van der Waals surface area contributed by atoms with E-state index in [0.29, 0.717) is 0 Å². The van der Waals surface area contributed by atoms with Crippen LogP contribution in [0.1, 0.15) is 0 Å². The van der Waals surface area contributed by atoms with Crippen LogP contribution >= 0.6 is 15.9 Å². The van der Waals surface area contributed by atoms with E-state index in [9.17, 15) is 4.79 Å². The summed E-state index contributed by atoms with van der Waals surface area (Å²) in [7, 11) is 1.61. The first-order chi connectivity index (χ1) is 9.19. The lowest BCUT2D eigenvalue weighted by atomic mass is 10.2. The zero-order chi connectivity index (χ0) is 13.4. The van der Waals surface area contributed by atoms with Gasteiger partial charge in [-0.2, -0.15) is 0 Å². The number of rotatable bonds is 2. The van der Waals surface area contributed by atoms with Crippen molar-refractivity contribution in [3.63, 3.8) is 0 Å². The van der Waals surface area contributed by atoms with Gasteiger partial charge in [0.15, 0.2) is 0 Å². The third kappa shape index (κ3) is 2.06. The Morgan fingerprint density at radius 3 is 2.58 bits per heavy atom. The van der Waals surface area contributed by atoms with Crippen molar-refractivity contribution in [3.8, 4) is 11.4 Å². The van der Waals surface area contributed by atoms with E-state index in [2.05, 4.69) is 20.9 Å². The number of aromatic nitrogens is 2. The molecule has 96 valence electrons. The number of nitrogens with one attached hydrogen (secondary N) is 1. The molecule has 0 saturated heterocycles. The predicted octanol–water partition coefficient (Wildman–Crippen LogP) is 3.09. The summed E-state index contributed by atoms with van der Waals surface area (Å²) in [4.78, 5) is 14.9. The van der Waals surface area contributed by atoms with E-state index in [0.717, 1.165) is 26.9 Å². The molecule has 2 aromatic carbocycles. The molecule has 0 radical (unpaired) electrons. The van der Waals surface area contributed by atoms with Gasteiger partial charge in [-0.15, -0.1) is 0 Å². The molecule has 0 unspecified atom stereocenters. The number of hydrogen-bond acceptors (Lipinski definition) is 2. The lowest BCUT2D eigenvalue weighted by Crippen LogP contribution is -2.14.